The van der Waals surface area contributed by atoms with Crippen molar-refractivity contribution in [3.8, 4) is 0 Å². The molecule has 0 aromatic carbocycles. The number of rotatable bonds is 6. The molecule has 22 heavy (non-hydrogen) atoms. The van der Waals surface area contributed by atoms with E-state index in [4.69, 9.17) is 9.84 Å². The molecule has 118 valence electrons. The summed E-state index contributed by atoms with van der Waals surface area (Å²) in [6.45, 7) is 1.16. The lowest BCUT2D eigenvalue weighted by Gasteiger charge is -2.21. The van der Waals surface area contributed by atoms with Gasteiger partial charge in [0.05, 0.1) is 11.9 Å². The molecule has 0 bridgehead atoms. The highest BCUT2D eigenvalue weighted by atomic mass is 16.5. The summed E-state index contributed by atoms with van der Waals surface area (Å²) in [6.07, 6.45) is 3.12. The van der Waals surface area contributed by atoms with Crippen molar-refractivity contribution >= 4 is 29.3 Å². The van der Waals surface area contributed by atoms with E-state index in [9.17, 15) is 14.4 Å². The van der Waals surface area contributed by atoms with Crippen molar-refractivity contribution in [2.24, 2.45) is 5.92 Å². The van der Waals surface area contributed by atoms with Gasteiger partial charge in [0.2, 0.25) is 11.5 Å². The van der Waals surface area contributed by atoms with Crippen LogP contribution in [0, 0.1) is 5.92 Å². The van der Waals surface area contributed by atoms with Gasteiger partial charge in [-0.1, -0.05) is 0 Å². The molecule has 2 rings (SSSR count). The molecule has 1 aliphatic rings. The molecule has 0 spiro atoms. The summed E-state index contributed by atoms with van der Waals surface area (Å²) >= 11 is 0. The topological polar surface area (TPSA) is 118 Å². The highest BCUT2D eigenvalue weighted by molar-refractivity contribution is 6.11. The Labute approximate surface area is 126 Å². The summed E-state index contributed by atoms with van der Waals surface area (Å²) < 4.78 is 4.75. The molecule has 3 N–H and O–H groups in total. The van der Waals surface area contributed by atoms with Crippen molar-refractivity contribution in [3.63, 3.8) is 0 Å². The third-order valence-corrected chi connectivity index (χ3v) is 3.47. The third-order valence-electron chi connectivity index (χ3n) is 3.47. The monoisotopic (exact) mass is 307 g/mol. The maximum absolute atomic E-state index is 12.0. The zero-order valence-electron chi connectivity index (χ0n) is 12.3. The molecule has 0 aliphatic heterocycles. The number of carboxylic acids is 1. The van der Waals surface area contributed by atoms with E-state index in [2.05, 4.69) is 15.6 Å². The molecule has 8 nitrogen and oxygen atoms in total. The first-order valence-corrected chi connectivity index (χ1v) is 6.73. The van der Waals surface area contributed by atoms with Crippen LogP contribution in [0.4, 0.5) is 11.5 Å². The van der Waals surface area contributed by atoms with Crippen molar-refractivity contribution in [1.29, 1.82) is 0 Å². The fourth-order valence-corrected chi connectivity index (χ4v) is 1.64. The van der Waals surface area contributed by atoms with E-state index in [1.165, 1.54) is 18.3 Å². The zero-order valence-corrected chi connectivity index (χ0v) is 12.3. The molecular formula is C14H17N3O5. The number of ether oxygens (including phenoxy) is 1. The van der Waals surface area contributed by atoms with Crippen LogP contribution in [0.25, 0.3) is 0 Å². The number of aromatic nitrogens is 1. The largest absolute Gasteiger partial charge is 0.479 e. The van der Waals surface area contributed by atoms with Gasteiger partial charge in [0.15, 0.2) is 0 Å². The highest BCUT2D eigenvalue weighted by Gasteiger charge is 2.41. The van der Waals surface area contributed by atoms with Crippen LogP contribution in [0.2, 0.25) is 0 Å². The number of hydrogen-bond donors (Lipinski definition) is 3. The van der Waals surface area contributed by atoms with Gasteiger partial charge >= 0.3 is 5.97 Å². The summed E-state index contributed by atoms with van der Waals surface area (Å²) in [4.78, 5) is 38.6. The molecular weight excluding hydrogens is 290 g/mol. The number of amides is 2. The minimum atomic E-state index is -1.99. The number of pyridine rings is 1. The molecule has 1 atom stereocenters. The van der Waals surface area contributed by atoms with E-state index in [1.807, 2.05) is 0 Å². The Morgan fingerprint density at radius 3 is 2.45 bits per heavy atom. The number of nitrogens with one attached hydrogen (secondary N) is 2. The molecule has 8 heteroatoms. The molecule has 1 fully saturated rings. The van der Waals surface area contributed by atoms with Crippen LogP contribution < -0.4 is 10.6 Å². The first-order chi connectivity index (χ1) is 10.4. The zero-order chi connectivity index (χ0) is 16.3. The Morgan fingerprint density at radius 1 is 1.32 bits per heavy atom. The first kappa shape index (κ1) is 15.9. The second-order valence-corrected chi connectivity index (χ2v) is 5.19. The predicted molar refractivity (Wildman–Crippen MR) is 77.3 cm³/mol. The number of nitrogens with zero attached hydrogens (tertiary/aromatic N) is 1. The summed E-state index contributed by atoms with van der Waals surface area (Å²) in [7, 11) is 1.14. The summed E-state index contributed by atoms with van der Waals surface area (Å²) in [5, 5.41) is 14.1. The molecule has 1 unspecified atom stereocenters. The molecule has 2 amide bonds. The lowest BCUT2D eigenvalue weighted by Crippen LogP contribution is -2.48. The van der Waals surface area contributed by atoms with E-state index in [0.717, 1.165) is 26.9 Å². The Balaban J connectivity index is 1.99. The van der Waals surface area contributed by atoms with E-state index in [-0.39, 0.29) is 11.8 Å². The normalized spacial score (nSPS) is 16.5. The number of anilines is 2. The molecule has 1 saturated carbocycles. The molecule has 1 heterocycles. The fraction of sp³-hybridized carbons (Fsp3) is 0.429. The van der Waals surface area contributed by atoms with Gasteiger partial charge < -0.3 is 20.5 Å². The lowest BCUT2D eigenvalue weighted by atomic mass is 10.1. The van der Waals surface area contributed by atoms with Gasteiger partial charge in [0.25, 0.3) is 5.91 Å². The number of carbonyl (C=O) groups is 3. The second kappa shape index (κ2) is 6.10. The average Bonchev–Trinajstić information content (AvgIpc) is 3.32. The van der Waals surface area contributed by atoms with E-state index < -0.39 is 17.5 Å². The number of aliphatic carboxylic acids is 1. The van der Waals surface area contributed by atoms with Crippen LogP contribution in [-0.2, 0) is 19.1 Å². The van der Waals surface area contributed by atoms with Crippen molar-refractivity contribution in [3.05, 3.63) is 18.3 Å². The predicted octanol–water partition coefficient (Wildman–Crippen LogP) is 0.858. The second-order valence-electron chi connectivity index (χ2n) is 5.19. The van der Waals surface area contributed by atoms with Crippen molar-refractivity contribution in [2.75, 3.05) is 17.7 Å². The van der Waals surface area contributed by atoms with E-state index >= 15 is 0 Å². The van der Waals surface area contributed by atoms with Crippen LogP contribution in [0.3, 0.4) is 0 Å². The summed E-state index contributed by atoms with van der Waals surface area (Å²) in [5.74, 6) is -1.84. The molecule has 0 saturated heterocycles. The Bertz CT molecular complexity index is 597. The molecule has 1 aromatic heterocycles. The minimum absolute atomic E-state index is 0.0675. The Hall–Kier alpha value is -2.48. The smallest absolute Gasteiger partial charge is 0.345 e. The van der Waals surface area contributed by atoms with E-state index in [1.54, 1.807) is 0 Å². The van der Waals surface area contributed by atoms with Gasteiger partial charge in [-0.15, -0.1) is 0 Å². The molecule has 1 aromatic rings. The maximum atomic E-state index is 12.0. The SMILES string of the molecule is COC(C)(C(=O)O)C(=O)Nc1ccc(NC(=O)C2CC2)nc1. The standard InChI is InChI=1S/C14H17N3O5/c1-14(22-2,13(20)21)12(19)16-9-5-6-10(15-7-9)17-11(18)8-3-4-8/h5-8H,3-4H2,1-2H3,(H,16,19)(H,20,21)(H,15,17,18). The first-order valence-electron chi connectivity index (χ1n) is 6.73. The van der Waals surface area contributed by atoms with Gasteiger partial charge in [-0.2, -0.15) is 0 Å². The summed E-state index contributed by atoms with van der Waals surface area (Å²) in [5.41, 5.74) is -1.68. The quantitative estimate of drug-likeness (QED) is 0.671. The third kappa shape index (κ3) is 3.40. The van der Waals surface area contributed by atoms with Crippen molar-refractivity contribution in [1.82, 2.24) is 4.98 Å². The van der Waals surface area contributed by atoms with Crippen LogP contribution in [-0.4, -0.2) is 40.6 Å². The van der Waals surface area contributed by atoms with Gasteiger partial charge in [0, 0.05) is 13.0 Å². The van der Waals surface area contributed by atoms with Gasteiger partial charge in [-0.3, -0.25) is 9.59 Å². The van der Waals surface area contributed by atoms with Gasteiger partial charge in [-0.25, -0.2) is 9.78 Å². The number of methoxy groups -OCH3 is 1. The maximum Gasteiger partial charge on any atom is 0.345 e. The van der Waals surface area contributed by atoms with Crippen LogP contribution in [0.1, 0.15) is 19.8 Å². The highest BCUT2D eigenvalue weighted by Crippen LogP contribution is 2.30. The number of carboxylic acid groups (broad SMARTS) is 1. The molecule has 0 radical (unpaired) electrons. The lowest BCUT2D eigenvalue weighted by molar-refractivity contribution is -0.165. The van der Waals surface area contributed by atoms with Crippen molar-refractivity contribution < 1.29 is 24.2 Å². The number of carbonyl (C=O) groups excluding carboxylic acids is 2. The van der Waals surface area contributed by atoms with E-state index in [0.29, 0.717) is 11.5 Å². The van der Waals surface area contributed by atoms with Crippen LogP contribution >= 0.6 is 0 Å². The average molecular weight is 307 g/mol. The van der Waals surface area contributed by atoms with Crippen LogP contribution in [0.15, 0.2) is 18.3 Å². The summed E-state index contributed by atoms with van der Waals surface area (Å²) in [6, 6.07) is 3.05. The molecule has 1 aliphatic carbocycles. The fourth-order valence-electron chi connectivity index (χ4n) is 1.64. The Morgan fingerprint density at radius 2 is 2.00 bits per heavy atom. The van der Waals surface area contributed by atoms with Gasteiger partial charge in [0.1, 0.15) is 5.82 Å². The van der Waals surface area contributed by atoms with Crippen molar-refractivity contribution in [2.45, 2.75) is 25.4 Å². The van der Waals surface area contributed by atoms with Crippen LogP contribution in [0.5, 0.6) is 0 Å². The van der Waals surface area contributed by atoms with Gasteiger partial charge in [-0.05, 0) is 31.9 Å². The number of hydrogen-bond acceptors (Lipinski definition) is 5. The minimum Gasteiger partial charge on any atom is -0.479 e. The Kier molecular flexibility index (Phi) is 4.41.